The Bertz CT molecular complexity index is 1040. The number of pyridine rings is 2. The highest BCUT2D eigenvalue weighted by molar-refractivity contribution is 5.89. The van der Waals surface area contributed by atoms with Crippen LogP contribution in [0.4, 0.5) is 42.8 Å². The third-order valence-corrected chi connectivity index (χ3v) is 5.10. The molecule has 2 aliphatic rings. The van der Waals surface area contributed by atoms with E-state index >= 15 is 0 Å². The number of cyclic esters (lactones) is 1. The van der Waals surface area contributed by atoms with Crippen LogP contribution in [-0.4, -0.2) is 47.9 Å². The zero-order valence-corrected chi connectivity index (χ0v) is 16.5. The largest absolute Gasteiger partial charge is 0.431 e. The molecule has 172 valence electrons. The van der Waals surface area contributed by atoms with Gasteiger partial charge in [0.05, 0.1) is 16.8 Å². The molecule has 0 saturated carbocycles. The molecule has 2 atom stereocenters. The Kier molecular flexibility index (Phi) is 5.39. The number of nitrogens with zero attached hydrogens (tertiary/aromatic N) is 3. The quantitative estimate of drug-likeness (QED) is 0.655. The van der Waals surface area contributed by atoms with Crippen LogP contribution in [0, 0.1) is 0 Å². The Labute approximate surface area is 177 Å². The summed E-state index contributed by atoms with van der Waals surface area (Å²) in [5.41, 5.74) is -2.27. The van der Waals surface area contributed by atoms with Crippen LogP contribution in [-0.2, 0) is 10.9 Å². The number of aromatic nitrogens is 2. The second kappa shape index (κ2) is 7.80. The van der Waals surface area contributed by atoms with Gasteiger partial charge in [-0.15, -0.1) is 0 Å². The van der Waals surface area contributed by atoms with Gasteiger partial charge in [0.15, 0.2) is 0 Å². The van der Waals surface area contributed by atoms with Crippen LogP contribution in [0.25, 0.3) is 11.3 Å². The summed E-state index contributed by atoms with van der Waals surface area (Å²) in [4.78, 5) is 21.2. The molecule has 0 radical (unpaired) electrons. The highest BCUT2D eigenvalue weighted by Gasteiger charge is 2.49. The molecule has 13 heteroatoms. The predicted molar refractivity (Wildman–Crippen MR) is 101 cm³/mol. The second-order valence-electron chi connectivity index (χ2n) is 7.47. The number of fused-ring (bicyclic) bond motifs is 1. The average Bonchev–Trinajstić information content (AvgIpc) is 2.71. The number of halogens is 6. The van der Waals surface area contributed by atoms with Gasteiger partial charge in [-0.3, -0.25) is 5.32 Å². The van der Waals surface area contributed by atoms with E-state index in [4.69, 9.17) is 0 Å². The highest BCUT2D eigenvalue weighted by Crippen LogP contribution is 2.46. The molecule has 2 N–H and O–H groups in total. The fraction of sp³-hybridized carbons (Fsp3) is 0.421. The summed E-state index contributed by atoms with van der Waals surface area (Å²) in [7, 11) is 0. The van der Waals surface area contributed by atoms with Crippen LogP contribution in [0.1, 0.15) is 24.2 Å². The summed E-state index contributed by atoms with van der Waals surface area (Å²) < 4.78 is 86.2. The maximum Gasteiger partial charge on any atom is 0.430 e. The molecule has 0 spiro atoms. The molecule has 2 aliphatic heterocycles. The SMILES string of the molecule is CC1CN(c2cc(C(F)(F)F)cc(-c3ccnc4c3C(C(F)(F)F)OC(=O)N4)n2)CCN1. The van der Waals surface area contributed by atoms with E-state index in [0.29, 0.717) is 25.7 Å². The van der Waals surface area contributed by atoms with Crippen molar-refractivity contribution in [1.82, 2.24) is 15.3 Å². The van der Waals surface area contributed by atoms with Gasteiger partial charge in [-0.1, -0.05) is 0 Å². The Morgan fingerprint density at radius 1 is 1.19 bits per heavy atom. The number of hydrogen-bond acceptors (Lipinski definition) is 6. The molecule has 32 heavy (non-hydrogen) atoms. The van der Waals surface area contributed by atoms with E-state index in [1.165, 1.54) is 0 Å². The molecule has 2 aromatic rings. The minimum absolute atomic E-state index is 0.0157. The van der Waals surface area contributed by atoms with E-state index in [1.807, 2.05) is 6.92 Å². The Hall–Kier alpha value is -3.09. The molecule has 0 aromatic carbocycles. The normalized spacial score (nSPS) is 21.6. The minimum Gasteiger partial charge on any atom is -0.431 e. The standard InChI is InChI=1S/C19H17F6N5O2/c1-9-8-30(5-4-26-9)13-7-10(18(20,21)22)6-12(28-13)11-2-3-27-16-14(11)15(19(23,24)25)32-17(31)29-16/h2-3,6-7,9,15,26H,4-5,8H2,1H3,(H,27,29,31). The summed E-state index contributed by atoms with van der Waals surface area (Å²) in [5, 5.41) is 5.22. The Morgan fingerprint density at radius 3 is 2.59 bits per heavy atom. The topological polar surface area (TPSA) is 79.4 Å². The third kappa shape index (κ3) is 4.29. The predicted octanol–water partition coefficient (Wildman–Crippen LogP) is 4.13. The lowest BCUT2D eigenvalue weighted by Crippen LogP contribution is -2.49. The van der Waals surface area contributed by atoms with Gasteiger partial charge in [-0.2, -0.15) is 26.3 Å². The van der Waals surface area contributed by atoms with Crippen molar-refractivity contribution in [2.75, 3.05) is 29.9 Å². The van der Waals surface area contributed by atoms with Crippen molar-refractivity contribution < 1.29 is 35.9 Å². The lowest BCUT2D eigenvalue weighted by Gasteiger charge is -2.33. The number of rotatable bonds is 2. The van der Waals surface area contributed by atoms with Gasteiger partial charge in [0.1, 0.15) is 11.6 Å². The van der Waals surface area contributed by atoms with Crippen LogP contribution >= 0.6 is 0 Å². The van der Waals surface area contributed by atoms with Crippen molar-refractivity contribution in [3.05, 3.63) is 35.5 Å². The number of carbonyl (C=O) groups excluding carboxylic acids is 1. The number of ether oxygens (including phenoxy) is 1. The number of amides is 1. The van der Waals surface area contributed by atoms with Crippen molar-refractivity contribution >= 4 is 17.7 Å². The maximum absolute atomic E-state index is 13.6. The fourth-order valence-electron chi connectivity index (χ4n) is 3.70. The summed E-state index contributed by atoms with van der Waals surface area (Å²) in [6, 6.07) is 2.64. The van der Waals surface area contributed by atoms with E-state index in [0.717, 1.165) is 18.3 Å². The molecule has 1 amide bonds. The first kappa shape index (κ1) is 22.1. The first-order valence-electron chi connectivity index (χ1n) is 9.54. The first-order chi connectivity index (χ1) is 14.9. The zero-order chi connectivity index (χ0) is 23.3. The molecule has 4 heterocycles. The lowest BCUT2D eigenvalue weighted by atomic mass is 9.98. The van der Waals surface area contributed by atoms with Gasteiger partial charge < -0.3 is 15.0 Å². The maximum atomic E-state index is 13.6. The molecule has 7 nitrogen and oxygen atoms in total. The van der Waals surface area contributed by atoms with Crippen LogP contribution in [0.15, 0.2) is 24.4 Å². The molecule has 1 saturated heterocycles. The van der Waals surface area contributed by atoms with Crippen molar-refractivity contribution in [2.24, 2.45) is 0 Å². The van der Waals surface area contributed by atoms with Gasteiger partial charge in [-0.25, -0.2) is 14.8 Å². The smallest absolute Gasteiger partial charge is 0.430 e. The Balaban J connectivity index is 1.90. The van der Waals surface area contributed by atoms with Crippen molar-refractivity contribution in [2.45, 2.75) is 31.4 Å². The summed E-state index contributed by atoms with van der Waals surface area (Å²) in [6.07, 6.45) is -12.7. The van der Waals surface area contributed by atoms with Gasteiger partial charge in [-0.05, 0) is 25.1 Å². The number of hydrogen-bond donors (Lipinski definition) is 2. The summed E-state index contributed by atoms with van der Waals surface area (Å²) in [6.45, 7) is 3.10. The minimum atomic E-state index is -5.01. The molecule has 0 bridgehead atoms. The number of piperazine rings is 1. The zero-order valence-electron chi connectivity index (χ0n) is 16.5. The lowest BCUT2D eigenvalue weighted by molar-refractivity contribution is -0.206. The molecule has 0 aliphatic carbocycles. The van der Waals surface area contributed by atoms with Crippen LogP contribution in [0.3, 0.4) is 0 Å². The van der Waals surface area contributed by atoms with Gasteiger partial charge in [0.25, 0.3) is 0 Å². The van der Waals surface area contributed by atoms with Crippen LogP contribution in [0.5, 0.6) is 0 Å². The second-order valence-corrected chi connectivity index (χ2v) is 7.47. The number of carbonyl (C=O) groups is 1. The highest BCUT2D eigenvalue weighted by atomic mass is 19.4. The summed E-state index contributed by atoms with van der Waals surface area (Å²) >= 11 is 0. The van der Waals surface area contributed by atoms with E-state index in [1.54, 1.807) is 4.90 Å². The van der Waals surface area contributed by atoms with Crippen molar-refractivity contribution in [3.8, 4) is 11.3 Å². The van der Waals surface area contributed by atoms with E-state index < -0.39 is 41.5 Å². The van der Waals surface area contributed by atoms with Crippen LogP contribution < -0.4 is 15.5 Å². The van der Waals surface area contributed by atoms with E-state index in [9.17, 15) is 31.1 Å². The molecule has 2 aromatic heterocycles. The Morgan fingerprint density at radius 2 is 1.94 bits per heavy atom. The summed E-state index contributed by atoms with van der Waals surface area (Å²) in [5.74, 6) is -0.462. The van der Waals surface area contributed by atoms with Crippen LogP contribution in [0.2, 0.25) is 0 Å². The number of anilines is 2. The first-order valence-corrected chi connectivity index (χ1v) is 9.54. The molecular formula is C19H17F6N5O2. The van der Waals surface area contributed by atoms with Gasteiger partial charge in [0, 0.05) is 37.4 Å². The van der Waals surface area contributed by atoms with Crippen molar-refractivity contribution in [3.63, 3.8) is 0 Å². The van der Waals surface area contributed by atoms with Gasteiger partial charge in [0.2, 0.25) is 6.10 Å². The molecular weight excluding hydrogens is 444 g/mol. The number of nitrogens with one attached hydrogen (secondary N) is 2. The molecule has 4 rings (SSSR count). The van der Waals surface area contributed by atoms with Gasteiger partial charge >= 0.3 is 18.4 Å². The monoisotopic (exact) mass is 461 g/mol. The third-order valence-electron chi connectivity index (χ3n) is 5.10. The number of alkyl halides is 6. The molecule has 1 fully saturated rings. The van der Waals surface area contributed by atoms with E-state index in [2.05, 4.69) is 25.3 Å². The average molecular weight is 461 g/mol. The van der Waals surface area contributed by atoms with Crippen molar-refractivity contribution in [1.29, 1.82) is 0 Å². The fourth-order valence-corrected chi connectivity index (χ4v) is 3.70. The molecule has 2 unspecified atom stereocenters. The van der Waals surface area contributed by atoms with E-state index in [-0.39, 0.29) is 23.1 Å².